The van der Waals surface area contributed by atoms with Crippen LogP contribution in [0.3, 0.4) is 0 Å². The Morgan fingerprint density at radius 1 is 1.23 bits per heavy atom. The predicted molar refractivity (Wildman–Crippen MR) is 55.8 cm³/mol. The van der Waals surface area contributed by atoms with Gasteiger partial charge in [-0.2, -0.15) is 0 Å². The monoisotopic (exact) mass is 175 g/mol. The van der Waals surface area contributed by atoms with Crippen molar-refractivity contribution in [3.05, 3.63) is 34.9 Å². The van der Waals surface area contributed by atoms with Gasteiger partial charge in [0.1, 0.15) is 0 Å². The van der Waals surface area contributed by atoms with Crippen LogP contribution in [0, 0.1) is 19.8 Å². The molecule has 1 aromatic rings. The first-order valence-electron chi connectivity index (χ1n) is 4.99. The Morgan fingerprint density at radius 2 is 1.85 bits per heavy atom. The summed E-state index contributed by atoms with van der Waals surface area (Å²) in [4.78, 5) is 0. The standard InChI is InChI=1S/C12H17N/c1-8-3-9(2)5-10(4-8)12-6-11(12)7-13/h3-5,11-12H,6-7,13H2,1-2H3/t11-,12-/m0/s1. The molecule has 1 aliphatic carbocycles. The zero-order valence-electron chi connectivity index (χ0n) is 8.38. The van der Waals surface area contributed by atoms with Gasteiger partial charge in [-0.3, -0.25) is 0 Å². The van der Waals surface area contributed by atoms with Crippen LogP contribution in [0.5, 0.6) is 0 Å². The molecule has 1 fully saturated rings. The zero-order chi connectivity index (χ0) is 9.42. The van der Waals surface area contributed by atoms with Crippen LogP contribution in [-0.2, 0) is 0 Å². The zero-order valence-corrected chi connectivity index (χ0v) is 8.38. The van der Waals surface area contributed by atoms with E-state index in [4.69, 9.17) is 5.73 Å². The molecule has 1 nitrogen and oxygen atoms in total. The van der Waals surface area contributed by atoms with Gasteiger partial charge >= 0.3 is 0 Å². The highest BCUT2D eigenvalue weighted by molar-refractivity contribution is 5.34. The van der Waals surface area contributed by atoms with Crippen LogP contribution in [0.15, 0.2) is 18.2 Å². The number of aryl methyl sites for hydroxylation is 2. The summed E-state index contributed by atoms with van der Waals surface area (Å²) in [5, 5.41) is 0. The van der Waals surface area contributed by atoms with Gasteiger partial charge in [0.15, 0.2) is 0 Å². The second-order valence-electron chi connectivity index (χ2n) is 4.26. The molecule has 0 bridgehead atoms. The molecule has 1 heteroatoms. The maximum absolute atomic E-state index is 5.64. The van der Waals surface area contributed by atoms with Gasteiger partial charge in [0.2, 0.25) is 0 Å². The van der Waals surface area contributed by atoms with Crippen LogP contribution in [0.25, 0.3) is 0 Å². The van der Waals surface area contributed by atoms with Crippen molar-refractivity contribution < 1.29 is 0 Å². The molecule has 1 saturated carbocycles. The quantitative estimate of drug-likeness (QED) is 0.733. The van der Waals surface area contributed by atoms with E-state index in [0.29, 0.717) is 0 Å². The van der Waals surface area contributed by atoms with Gasteiger partial charge in [0.25, 0.3) is 0 Å². The molecule has 2 atom stereocenters. The van der Waals surface area contributed by atoms with E-state index in [1.165, 1.54) is 23.1 Å². The highest BCUT2D eigenvalue weighted by Crippen LogP contribution is 2.46. The van der Waals surface area contributed by atoms with E-state index in [-0.39, 0.29) is 0 Å². The topological polar surface area (TPSA) is 26.0 Å². The Morgan fingerprint density at radius 3 is 2.31 bits per heavy atom. The summed E-state index contributed by atoms with van der Waals surface area (Å²) < 4.78 is 0. The molecule has 0 radical (unpaired) electrons. The van der Waals surface area contributed by atoms with Crippen molar-refractivity contribution >= 4 is 0 Å². The fourth-order valence-electron chi connectivity index (χ4n) is 2.14. The van der Waals surface area contributed by atoms with Crippen molar-refractivity contribution in [1.82, 2.24) is 0 Å². The molecule has 0 heterocycles. The van der Waals surface area contributed by atoms with E-state index in [1.807, 2.05) is 0 Å². The fourth-order valence-corrected chi connectivity index (χ4v) is 2.14. The Balaban J connectivity index is 2.22. The summed E-state index contributed by atoms with van der Waals surface area (Å²) in [6.07, 6.45) is 1.29. The van der Waals surface area contributed by atoms with Crippen LogP contribution in [-0.4, -0.2) is 6.54 Å². The maximum atomic E-state index is 5.64. The van der Waals surface area contributed by atoms with Crippen molar-refractivity contribution in [2.45, 2.75) is 26.2 Å². The summed E-state index contributed by atoms with van der Waals surface area (Å²) in [5.41, 5.74) is 9.88. The second kappa shape index (κ2) is 3.15. The third-order valence-electron chi connectivity index (χ3n) is 2.90. The third kappa shape index (κ3) is 1.75. The predicted octanol–water partition coefficient (Wildman–Crippen LogP) is 2.37. The van der Waals surface area contributed by atoms with E-state index >= 15 is 0 Å². The van der Waals surface area contributed by atoms with Crippen LogP contribution in [0.4, 0.5) is 0 Å². The van der Waals surface area contributed by atoms with E-state index < -0.39 is 0 Å². The minimum atomic E-state index is 0.751. The molecule has 13 heavy (non-hydrogen) atoms. The van der Waals surface area contributed by atoms with Gasteiger partial charge in [-0.1, -0.05) is 29.3 Å². The van der Waals surface area contributed by atoms with Gasteiger partial charge in [-0.05, 0) is 44.2 Å². The number of hydrogen-bond donors (Lipinski definition) is 1. The molecule has 0 aliphatic heterocycles. The van der Waals surface area contributed by atoms with Crippen LogP contribution >= 0.6 is 0 Å². The van der Waals surface area contributed by atoms with Crippen molar-refractivity contribution in [2.24, 2.45) is 11.7 Å². The Hall–Kier alpha value is -0.820. The molecule has 1 aliphatic rings. The number of benzene rings is 1. The van der Waals surface area contributed by atoms with Crippen molar-refractivity contribution in [3.8, 4) is 0 Å². The summed E-state index contributed by atoms with van der Waals surface area (Å²) >= 11 is 0. The lowest BCUT2D eigenvalue weighted by molar-refractivity contribution is 0.809. The summed E-state index contributed by atoms with van der Waals surface area (Å²) in [6.45, 7) is 5.17. The van der Waals surface area contributed by atoms with Crippen LogP contribution in [0.1, 0.15) is 29.0 Å². The first-order valence-corrected chi connectivity index (χ1v) is 4.99. The summed E-state index contributed by atoms with van der Waals surface area (Å²) in [6, 6.07) is 6.82. The van der Waals surface area contributed by atoms with Crippen molar-refractivity contribution in [2.75, 3.05) is 6.54 Å². The minimum absolute atomic E-state index is 0.751. The van der Waals surface area contributed by atoms with Crippen LogP contribution < -0.4 is 5.73 Å². The molecule has 70 valence electrons. The van der Waals surface area contributed by atoms with E-state index in [1.54, 1.807) is 0 Å². The Labute approximate surface area is 80.0 Å². The average molecular weight is 175 g/mol. The Bertz CT molecular complexity index is 297. The average Bonchev–Trinajstić information content (AvgIpc) is 2.80. The van der Waals surface area contributed by atoms with Crippen LogP contribution in [0.2, 0.25) is 0 Å². The smallest absolute Gasteiger partial charge is 0.00428 e. The summed E-state index contributed by atoms with van der Waals surface area (Å²) in [7, 11) is 0. The molecule has 1 aromatic carbocycles. The molecule has 2 N–H and O–H groups in total. The fraction of sp³-hybridized carbons (Fsp3) is 0.500. The Kier molecular flexibility index (Phi) is 2.12. The van der Waals surface area contributed by atoms with Gasteiger partial charge in [-0.15, -0.1) is 0 Å². The molecular weight excluding hydrogens is 158 g/mol. The van der Waals surface area contributed by atoms with Gasteiger partial charge in [0.05, 0.1) is 0 Å². The van der Waals surface area contributed by atoms with E-state index in [9.17, 15) is 0 Å². The lowest BCUT2D eigenvalue weighted by Gasteiger charge is -2.03. The largest absolute Gasteiger partial charge is 0.330 e. The summed E-state index contributed by atoms with van der Waals surface area (Å²) in [5.74, 6) is 1.50. The number of rotatable bonds is 2. The SMILES string of the molecule is Cc1cc(C)cc([C@@H]2C[C@H]2CN)c1. The maximum Gasteiger partial charge on any atom is -0.00428 e. The molecule has 0 aromatic heterocycles. The minimum Gasteiger partial charge on any atom is -0.330 e. The van der Waals surface area contributed by atoms with Crippen molar-refractivity contribution in [3.63, 3.8) is 0 Å². The number of nitrogens with two attached hydrogens (primary N) is 1. The van der Waals surface area contributed by atoms with Gasteiger partial charge in [-0.25, -0.2) is 0 Å². The van der Waals surface area contributed by atoms with Gasteiger partial charge in [0, 0.05) is 0 Å². The second-order valence-corrected chi connectivity index (χ2v) is 4.26. The van der Waals surface area contributed by atoms with E-state index in [0.717, 1.165) is 18.4 Å². The van der Waals surface area contributed by atoms with Gasteiger partial charge < -0.3 is 5.73 Å². The van der Waals surface area contributed by atoms with E-state index in [2.05, 4.69) is 32.0 Å². The first-order chi connectivity index (χ1) is 6.20. The molecule has 0 spiro atoms. The molecular formula is C12H17N. The molecule has 2 rings (SSSR count). The first kappa shape index (κ1) is 8.76. The molecule has 0 amide bonds. The number of hydrogen-bond acceptors (Lipinski definition) is 1. The highest BCUT2D eigenvalue weighted by Gasteiger charge is 2.36. The highest BCUT2D eigenvalue weighted by atomic mass is 14.6. The lowest BCUT2D eigenvalue weighted by Crippen LogP contribution is -2.02. The van der Waals surface area contributed by atoms with Crippen molar-refractivity contribution in [1.29, 1.82) is 0 Å². The molecule has 0 saturated heterocycles. The normalized spacial score (nSPS) is 26.1. The molecule has 0 unspecified atom stereocenters. The lowest BCUT2D eigenvalue weighted by atomic mass is 10.0. The third-order valence-corrected chi connectivity index (χ3v) is 2.90.